The highest BCUT2D eigenvalue weighted by Gasteiger charge is 2.29. The van der Waals surface area contributed by atoms with E-state index in [4.69, 9.17) is 0 Å². The molecule has 1 atom stereocenters. The molecule has 2 heterocycles. The molecule has 30 heavy (non-hydrogen) atoms. The maximum absolute atomic E-state index is 15.0. The van der Waals surface area contributed by atoms with E-state index >= 15 is 0 Å². The number of hydrogen-bond donors (Lipinski definition) is 2. The van der Waals surface area contributed by atoms with Crippen molar-refractivity contribution < 1.29 is 17.6 Å². The van der Waals surface area contributed by atoms with Crippen molar-refractivity contribution in [3.8, 4) is 0 Å². The molecule has 0 spiro atoms. The molecule has 1 aliphatic heterocycles. The van der Waals surface area contributed by atoms with E-state index < -0.39 is 21.9 Å². The maximum atomic E-state index is 15.0. The summed E-state index contributed by atoms with van der Waals surface area (Å²) < 4.78 is 39.9. The van der Waals surface area contributed by atoms with Crippen LogP contribution in [0.3, 0.4) is 0 Å². The molecule has 0 unspecified atom stereocenters. The second-order valence-corrected chi connectivity index (χ2v) is 9.47. The zero-order valence-electron chi connectivity index (χ0n) is 17.2. The number of piperazine rings is 1. The topological polar surface area (TPSA) is 94.6 Å². The van der Waals surface area contributed by atoms with E-state index in [0.717, 1.165) is 5.69 Å². The molecule has 10 heteroatoms. The summed E-state index contributed by atoms with van der Waals surface area (Å²) in [5, 5.41) is 5.15. The third-order valence-corrected chi connectivity index (χ3v) is 6.34. The number of benzene rings is 1. The van der Waals surface area contributed by atoms with Crippen LogP contribution in [0.5, 0.6) is 0 Å². The molecule has 0 saturated carbocycles. The van der Waals surface area contributed by atoms with Gasteiger partial charge in [0.25, 0.3) is 0 Å². The summed E-state index contributed by atoms with van der Waals surface area (Å²) in [7, 11) is -3.24. The molecule has 8 nitrogen and oxygen atoms in total. The van der Waals surface area contributed by atoms with Crippen LogP contribution in [0.25, 0.3) is 0 Å². The highest BCUT2D eigenvalue weighted by molar-refractivity contribution is 7.88. The van der Waals surface area contributed by atoms with Crippen LogP contribution in [0.1, 0.15) is 18.2 Å². The van der Waals surface area contributed by atoms with Crippen LogP contribution in [-0.2, 0) is 16.6 Å². The van der Waals surface area contributed by atoms with Crippen molar-refractivity contribution in [2.75, 3.05) is 36.5 Å². The maximum Gasteiger partial charge on any atom is 0.323 e. The second kappa shape index (κ2) is 9.07. The van der Waals surface area contributed by atoms with Gasteiger partial charge in [0.05, 0.1) is 23.8 Å². The summed E-state index contributed by atoms with van der Waals surface area (Å²) in [4.78, 5) is 18.3. The molecule has 0 bridgehead atoms. The van der Waals surface area contributed by atoms with Crippen LogP contribution in [-0.4, -0.2) is 60.6 Å². The van der Waals surface area contributed by atoms with Crippen molar-refractivity contribution in [1.82, 2.24) is 14.2 Å². The van der Waals surface area contributed by atoms with Crippen LogP contribution < -0.4 is 10.6 Å². The fraction of sp³-hybridized carbons (Fsp3) is 0.400. The lowest BCUT2D eigenvalue weighted by atomic mass is 10.1. The van der Waals surface area contributed by atoms with Gasteiger partial charge in [-0.1, -0.05) is 12.1 Å². The first-order valence-corrected chi connectivity index (χ1v) is 11.5. The van der Waals surface area contributed by atoms with E-state index in [9.17, 15) is 17.6 Å². The zero-order chi connectivity index (χ0) is 21.9. The third kappa shape index (κ3) is 5.53. The van der Waals surface area contributed by atoms with Gasteiger partial charge in [-0.25, -0.2) is 17.6 Å². The molecule has 1 aromatic heterocycles. The van der Waals surface area contributed by atoms with Gasteiger partial charge in [-0.3, -0.25) is 9.88 Å². The first-order chi connectivity index (χ1) is 14.1. The van der Waals surface area contributed by atoms with Crippen LogP contribution in [0.4, 0.5) is 20.6 Å². The average Bonchev–Trinajstić information content (AvgIpc) is 2.67. The van der Waals surface area contributed by atoms with E-state index in [1.54, 1.807) is 24.3 Å². The Balaban J connectivity index is 1.65. The minimum absolute atomic E-state index is 0.0539. The highest BCUT2D eigenvalue weighted by atomic mass is 32.2. The van der Waals surface area contributed by atoms with Gasteiger partial charge >= 0.3 is 6.03 Å². The molecular formula is C20H26FN5O3S. The van der Waals surface area contributed by atoms with Crippen molar-refractivity contribution in [2.45, 2.75) is 26.4 Å². The number of amides is 2. The first kappa shape index (κ1) is 22.1. The Hall–Kier alpha value is -2.56. The predicted molar refractivity (Wildman–Crippen MR) is 114 cm³/mol. The molecule has 0 aliphatic carbocycles. The van der Waals surface area contributed by atoms with Crippen molar-refractivity contribution >= 4 is 27.4 Å². The molecule has 2 amide bonds. The molecule has 2 aromatic rings. The van der Waals surface area contributed by atoms with Gasteiger partial charge in [0.2, 0.25) is 10.0 Å². The van der Waals surface area contributed by atoms with E-state index in [1.165, 1.54) is 22.8 Å². The number of hydrogen-bond acceptors (Lipinski definition) is 5. The number of carbonyl (C=O) groups excluding carboxylic acids is 1. The number of nitrogens with one attached hydrogen (secondary N) is 2. The van der Waals surface area contributed by atoms with E-state index in [2.05, 4.69) is 15.6 Å². The number of aromatic nitrogens is 1. The van der Waals surface area contributed by atoms with Gasteiger partial charge in [-0.2, -0.15) is 4.31 Å². The minimum Gasteiger partial charge on any atom is -0.306 e. The fourth-order valence-corrected chi connectivity index (χ4v) is 4.24. The summed E-state index contributed by atoms with van der Waals surface area (Å²) in [6.07, 6.45) is 2.72. The average molecular weight is 436 g/mol. The Labute approximate surface area is 176 Å². The smallest absolute Gasteiger partial charge is 0.306 e. The highest BCUT2D eigenvalue weighted by Crippen LogP contribution is 2.22. The monoisotopic (exact) mass is 435 g/mol. The van der Waals surface area contributed by atoms with E-state index in [0.29, 0.717) is 37.4 Å². The lowest BCUT2D eigenvalue weighted by molar-refractivity contribution is 0.121. The van der Waals surface area contributed by atoms with Crippen molar-refractivity contribution in [3.05, 3.63) is 53.6 Å². The zero-order valence-corrected chi connectivity index (χ0v) is 18.0. The summed E-state index contributed by atoms with van der Waals surface area (Å²) in [6, 6.07) is 7.70. The van der Waals surface area contributed by atoms with Gasteiger partial charge in [0, 0.05) is 43.5 Å². The summed E-state index contributed by atoms with van der Waals surface area (Å²) in [5.41, 5.74) is 1.84. The van der Waals surface area contributed by atoms with Crippen LogP contribution in [0, 0.1) is 12.7 Å². The van der Waals surface area contributed by atoms with Crippen LogP contribution in [0.2, 0.25) is 0 Å². The second-order valence-electron chi connectivity index (χ2n) is 7.49. The molecule has 0 radical (unpaired) electrons. The standard InChI is InChI=1S/C20H26FN5O3S/c1-14-7-8-17(11-22-14)23-20(27)24-18-6-4-5-16(19(18)21)13-25-9-10-26(12-15(25)2)30(3,28)29/h4-8,11,15H,9-10,12-13H2,1-3H3,(H2,23,24,27)/t15-/m1/s1. The number of urea groups is 1. The van der Waals surface area contributed by atoms with Crippen molar-refractivity contribution in [1.29, 1.82) is 0 Å². The number of carbonyl (C=O) groups is 1. The Bertz CT molecular complexity index is 1010. The molecule has 1 fully saturated rings. The number of rotatable bonds is 5. The molecule has 1 saturated heterocycles. The quantitative estimate of drug-likeness (QED) is 0.753. The number of halogens is 1. The van der Waals surface area contributed by atoms with Gasteiger partial charge in [-0.15, -0.1) is 0 Å². The lowest BCUT2D eigenvalue weighted by Crippen LogP contribution is -2.52. The van der Waals surface area contributed by atoms with Gasteiger partial charge < -0.3 is 10.6 Å². The summed E-state index contributed by atoms with van der Waals surface area (Å²) >= 11 is 0. The minimum atomic E-state index is -3.24. The van der Waals surface area contributed by atoms with E-state index in [1.807, 2.05) is 18.7 Å². The van der Waals surface area contributed by atoms with Crippen molar-refractivity contribution in [3.63, 3.8) is 0 Å². The normalized spacial score (nSPS) is 18.2. The Morgan fingerprint density at radius 3 is 2.63 bits per heavy atom. The number of nitrogens with zero attached hydrogens (tertiary/aromatic N) is 3. The Kier molecular flexibility index (Phi) is 6.69. The van der Waals surface area contributed by atoms with Gasteiger partial charge in [0.1, 0.15) is 0 Å². The largest absolute Gasteiger partial charge is 0.323 e. The summed E-state index contributed by atoms with van der Waals surface area (Å²) in [5.74, 6) is -0.507. The summed E-state index contributed by atoms with van der Waals surface area (Å²) in [6.45, 7) is 5.32. The van der Waals surface area contributed by atoms with E-state index in [-0.39, 0.29) is 11.7 Å². The molecular weight excluding hydrogens is 409 g/mol. The first-order valence-electron chi connectivity index (χ1n) is 9.60. The number of sulfonamides is 1. The predicted octanol–water partition coefficient (Wildman–Crippen LogP) is 2.64. The number of aryl methyl sites for hydroxylation is 1. The van der Waals surface area contributed by atoms with Crippen LogP contribution >= 0.6 is 0 Å². The van der Waals surface area contributed by atoms with Gasteiger partial charge in [0.15, 0.2) is 5.82 Å². The molecule has 1 aliphatic rings. The van der Waals surface area contributed by atoms with Gasteiger partial charge in [-0.05, 0) is 32.0 Å². The number of anilines is 2. The molecule has 2 N–H and O–H groups in total. The Morgan fingerprint density at radius 1 is 1.23 bits per heavy atom. The lowest BCUT2D eigenvalue weighted by Gasteiger charge is -2.38. The number of pyridine rings is 1. The molecule has 1 aromatic carbocycles. The third-order valence-electron chi connectivity index (χ3n) is 5.07. The fourth-order valence-electron chi connectivity index (χ4n) is 3.34. The van der Waals surface area contributed by atoms with Crippen LogP contribution in [0.15, 0.2) is 36.5 Å². The Morgan fingerprint density at radius 2 is 2.00 bits per heavy atom. The molecule has 3 rings (SSSR count). The SMILES string of the molecule is Cc1ccc(NC(=O)Nc2cccc(CN3CCN(S(C)(=O)=O)C[C@H]3C)c2F)cn1. The van der Waals surface area contributed by atoms with Crippen molar-refractivity contribution in [2.24, 2.45) is 0 Å². The molecule has 162 valence electrons.